The van der Waals surface area contributed by atoms with E-state index in [-0.39, 0.29) is 11.9 Å². The first-order valence-electron chi connectivity index (χ1n) is 10.3. The number of hydrogen-bond acceptors (Lipinski definition) is 5. The van der Waals surface area contributed by atoms with Gasteiger partial charge in [0.05, 0.1) is 24.2 Å². The SMILES string of the molecule is CCOC(=O)C1CCN(Cn2nc(-c3ccc(Cl)cc3Cl)n(CC(C)C)c2=S)CC1. The second-order valence-corrected chi connectivity index (χ2v) is 9.23. The van der Waals surface area contributed by atoms with Crippen molar-refractivity contribution in [2.45, 2.75) is 46.8 Å². The number of ether oxygens (including phenoxy) is 1. The summed E-state index contributed by atoms with van der Waals surface area (Å²) in [6, 6.07) is 5.42. The molecule has 0 saturated carbocycles. The predicted octanol–water partition coefficient (Wildman–Crippen LogP) is 5.28. The van der Waals surface area contributed by atoms with Crippen molar-refractivity contribution in [3.8, 4) is 11.4 Å². The Morgan fingerprint density at radius 3 is 2.60 bits per heavy atom. The third-order valence-corrected chi connectivity index (χ3v) is 6.16. The maximum absolute atomic E-state index is 12.0. The van der Waals surface area contributed by atoms with Crippen molar-refractivity contribution in [3.63, 3.8) is 0 Å². The third-order valence-electron chi connectivity index (χ3n) is 5.18. The van der Waals surface area contributed by atoms with Crippen LogP contribution in [0, 0.1) is 16.6 Å². The highest BCUT2D eigenvalue weighted by atomic mass is 35.5. The molecule has 0 radical (unpaired) electrons. The summed E-state index contributed by atoms with van der Waals surface area (Å²) in [4.78, 5) is 14.2. The quantitative estimate of drug-likeness (QED) is 0.407. The number of likely N-dealkylation sites (tertiary alicyclic amines) is 1. The fraction of sp³-hybridized carbons (Fsp3) is 0.571. The van der Waals surface area contributed by atoms with Crippen LogP contribution >= 0.6 is 35.4 Å². The summed E-state index contributed by atoms with van der Waals surface area (Å²) >= 11 is 18.3. The molecule has 2 heterocycles. The lowest BCUT2D eigenvalue weighted by Crippen LogP contribution is -2.38. The minimum atomic E-state index is -0.0883. The van der Waals surface area contributed by atoms with Gasteiger partial charge in [-0.2, -0.15) is 5.10 Å². The second kappa shape index (κ2) is 10.3. The summed E-state index contributed by atoms with van der Waals surface area (Å²) in [5.74, 6) is 1.04. The number of piperidine rings is 1. The van der Waals surface area contributed by atoms with Gasteiger partial charge in [0.25, 0.3) is 0 Å². The molecule has 1 aliphatic rings. The largest absolute Gasteiger partial charge is 0.466 e. The normalized spacial score (nSPS) is 15.7. The molecule has 2 aromatic rings. The van der Waals surface area contributed by atoms with Crippen LogP contribution in [0.25, 0.3) is 11.4 Å². The van der Waals surface area contributed by atoms with E-state index in [0.717, 1.165) is 43.9 Å². The van der Waals surface area contributed by atoms with Crippen molar-refractivity contribution in [1.29, 1.82) is 0 Å². The van der Waals surface area contributed by atoms with E-state index in [1.54, 1.807) is 6.07 Å². The molecule has 1 saturated heterocycles. The Balaban J connectivity index is 1.82. The number of hydrogen-bond donors (Lipinski definition) is 0. The average Bonchev–Trinajstić information content (AvgIpc) is 2.98. The Kier molecular flexibility index (Phi) is 7.96. The van der Waals surface area contributed by atoms with Gasteiger partial charge in [-0.1, -0.05) is 37.0 Å². The van der Waals surface area contributed by atoms with Gasteiger partial charge < -0.3 is 4.74 Å². The summed E-state index contributed by atoms with van der Waals surface area (Å²) in [5, 5.41) is 5.95. The molecule has 0 bridgehead atoms. The molecule has 6 nitrogen and oxygen atoms in total. The van der Waals surface area contributed by atoms with E-state index < -0.39 is 0 Å². The molecule has 9 heteroatoms. The Bertz CT molecular complexity index is 949. The van der Waals surface area contributed by atoms with E-state index in [4.69, 9.17) is 45.3 Å². The van der Waals surface area contributed by atoms with Gasteiger partial charge in [-0.25, -0.2) is 4.68 Å². The van der Waals surface area contributed by atoms with Crippen LogP contribution in [-0.2, 0) is 22.7 Å². The second-order valence-electron chi connectivity index (χ2n) is 8.02. The highest BCUT2D eigenvalue weighted by molar-refractivity contribution is 7.71. The third kappa shape index (κ3) is 5.44. The molecule has 1 aromatic heterocycles. The van der Waals surface area contributed by atoms with Crippen LogP contribution in [0.5, 0.6) is 0 Å². The summed E-state index contributed by atoms with van der Waals surface area (Å²) in [6.07, 6.45) is 1.57. The first kappa shape index (κ1) is 23.3. The van der Waals surface area contributed by atoms with E-state index in [1.807, 2.05) is 28.3 Å². The van der Waals surface area contributed by atoms with Crippen molar-refractivity contribution in [3.05, 3.63) is 33.0 Å². The molecule has 1 aliphatic heterocycles. The summed E-state index contributed by atoms with van der Waals surface area (Å²) in [5.41, 5.74) is 0.813. The van der Waals surface area contributed by atoms with Crippen LogP contribution < -0.4 is 0 Å². The monoisotopic (exact) mass is 470 g/mol. The zero-order valence-corrected chi connectivity index (χ0v) is 19.9. The maximum atomic E-state index is 12.0. The van der Waals surface area contributed by atoms with Crippen LogP contribution in [0.4, 0.5) is 0 Å². The van der Waals surface area contributed by atoms with E-state index in [1.165, 1.54) is 0 Å². The van der Waals surface area contributed by atoms with Crippen molar-refractivity contribution in [2.75, 3.05) is 19.7 Å². The number of carbonyl (C=O) groups excluding carboxylic acids is 1. The van der Waals surface area contributed by atoms with Crippen molar-refractivity contribution < 1.29 is 9.53 Å². The number of aromatic nitrogens is 3. The molecule has 3 rings (SSSR count). The average molecular weight is 471 g/mol. The van der Waals surface area contributed by atoms with Crippen molar-refractivity contribution >= 4 is 41.4 Å². The number of nitrogens with zero attached hydrogens (tertiary/aromatic N) is 4. The highest BCUT2D eigenvalue weighted by Gasteiger charge is 2.27. The predicted molar refractivity (Wildman–Crippen MR) is 122 cm³/mol. The number of esters is 1. The Labute approximate surface area is 192 Å². The van der Waals surface area contributed by atoms with Gasteiger partial charge >= 0.3 is 5.97 Å². The molecule has 164 valence electrons. The minimum Gasteiger partial charge on any atom is -0.466 e. The van der Waals surface area contributed by atoms with Gasteiger partial charge in [-0.05, 0) is 56.1 Å². The van der Waals surface area contributed by atoms with Crippen molar-refractivity contribution in [1.82, 2.24) is 19.2 Å². The molecule has 30 heavy (non-hydrogen) atoms. The Morgan fingerprint density at radius 1 is 1.30 bits per heavy atom. The van der Waals surface area contributed by atoms with E-state index in [2.05, 4.69) is 18.7 Å². The lowest BCUT2D eigenvalue weighted by molar-refractivity contribution is -0.149. The first-order chi connectivity index (χ1) is 14.3. The minimum absolute atomic E-state index is 0.0175. The van der Waals surface area contributed by atoms with Crippen molar-refractivity contribution in [2.24, 2.45) is 11.8 Å². The standard InChI is InChI=1S/C21H28Cl2N4O2S/c1-4-29-20(28)15-7-9-25(10-8-15)13-27-21(30)26(12-14(2)3)19(24-27)17-6-5-16(22)11-18(17)23/h5-6,11,14-15H,4,7-10,12-13H2,1-3H3. The fourth-order valence-corrected chi connectivity index (χ4v) is 4.45. The number of rotatable bonds is 7. The van der Waals surface area contributed by atoms with Gasteiger partial charge in [0.15, 0.2) is 10.6 Å². The van der Waals surface area contributed by atoms with Crippen LogP contribution in [0.2, 0.25) is 10.0 Å². The molecular weight excluding hydrogens is 443 g/mol. The molecule has 0 spiro atoms. The van der Waals surface area contributed by atoms with Gasteiger partial charge in [0.1, 0.15) is 0 Å². The smallest absolute Gasteiger partial charge is 0.309 e. The zero-order valence-electron chi connectivity index (χ0n) is 17.6. The lowest BCUT2D eigenvalue weighted by atomic mass is 9.97. The van der Waals surface area contributed by atoms with Gasteiger partial charge in [-0.3, -0.25) is 14.3 Å². The fourth-order valence-electron chi connectivity index (χ4n) is 3.69. The molecule has 0 aliphatic carbocycles. The van der Waals surface area contributed by atoms with E-state index in [0.29, 0.717) is 34.0 Å². The highest BCUT2D eigenvalue weighted by Crippen LogP contribution is 2.30. The molecule has 0 atom stereocenters. The summed E-state index contributed by atoms with van der Waals surface area (Å²) in [7, 11) is 0. The Morgan fingerprint density at radius 2 is 2.00 bits per heavy atom. The molecule has 1 aromatic carbocycles. The van der Waals surface area contributed by atoms with Gasteiger partial charge in [-0.15, -0.1) is 0 Å². The molecular formula is C21H28Cl2N4O2S. The van der Waals surface area contributed by atoms with Crippen LogP contribution in [0.15, 0.2) is 18.2 Å². The number of halogens is 2. The van der Waals surface area contributed by atoms with Crippen LogP contribution in [0.1, 0.15) is 33.6 Å². The van der Waals surface area contributed by atoms with Gasteiger partial charge in [0.2, 0.25) is 0 Å². The van der Waals surface area contributed by atoms with E-state index >= 15 is 0 Å². The summed E-state index contributed by atoms with van der Waals surface area (Å²) in [6.45, 7) is 9.50. The summed E-state index contributed by atoms with van der Waals surface area (Å²) < 4.78 is 9.72. The van der Waals surface area contributed by atoms with Crippen LogP contribution in [-0.4, -0.2) is 44.9 Å². The van der Waals surface area contributed by atoms with Crippen LogP contribution in [0.3, 0.4) is 0 Å². The zero-order chi connectivity index (χ0) is 21.8. The van der Waals surface area contributed by atoms with E-state index in [9.17, 15) is 4.79 Å². The number of benzene rings is 1. The first-order valence-corrected chi connectivity index (χ1v) is 11.5. The molecule has 0 unspecified atom stereocenters. The topological polar surface area (TPSA) is 52.3 Å². The Hall–Kier alpha value is -1.41. The number of carbonyl (C=O) groups is 1. The molecule has 0 amide bonds. The molecule has 1 fully saturated rings. The molecule has 0 N–H and O–H groups in total. The van der Waals surface area contributed by atoms with Gasteiger partial charge in [0, 0.05) is 30.2 Å². The lowest BCUT2D eigenvalue weighted by Gasteiger charge is -2.30. The maximum Gasteiger partial charge on any atom is 0.309 e.